The van der Waals surface area contributed by atoms with E-state index in [2.05, 4.69) is 15.3 Å². The molecule has 2 heterocycles. The Labute approximate surface area is 104 Å². The average molecular weight is 260 g/mol. The molecule has 2 rings (SSSR count). The molecule has 1 aromatic rings. The molecule has 1 atom stereocenters. The van der Waals surface area contributed by atoms with Crippen LogP contribution >= 0.6 is 23.4 Å². The highest BCUT2D eigenvalue weighted by Gasteiger charge is 2.16. The van der Waals surface area contributed by atoms with Gasteiger partial charge in [0.2, 0.25) is 0 Å². The maximum absolute atomic E-state index is 5.92. The van der Waals surface area contributed by atoms with Gasteiger partial charge in [0.1, 0.15) is 17.6 Å². The number of methoxy groups -OCH3 is 1. The number of nitrogens with one attached hydrogen (secondary N) is 1. The molecular weight excluding hydrogens is 246 g/mol. The highest BCUT2D eigenvalue weighted by atomic mass is 35.5. The third-order valence-corrected chi connectivity index (χ3v) is 3.65. The Morgan fingerprint density at radius 2 is 2.50 bits per heavy atom. The van der Waals surface area contributed by atoms with Crippen molar-refractivity contribution in [2.24, 2.45) is 0 Å². The third kappa shape index (κ3) is 3.23. The van der Waals surface area contributed by atoms with Gasteiger partial charge in [-0.15, -0.1) is 0 Å². The molecule has 0 aliphatic carbocycles. The summed E-state index contributed by atoms with van der Waals surface area (Å²) in [6.45, 7) is 0.384. The zero-order chi connectivity index (χ0) is 11.4. The summed E-state index contributed by atoms with van der Waals surface area (Å²) in [6, 6.07) is 2.25. The number of halogens is 1. The minimum absolute atomic E-state index is 0.384. The second-order valence-corrected chi connectivity index (χ2v) is 5.17. The van der Waals surface area contributed by atoms with Crippen LogP contribution in [0.1, 0.15) is 12.2 Å². The van der Waals surface area contributed by atoms with Crippen LogP contribution < -0.4 is 5.32 Å². The molecule has 88 valence electrons. The molecule has 1 aliphatic heterocycles. The van der Waals surface area contributed by atoms with Crippen molar-refractivity contribution in [1.29, 1.82) is 0 Å². The molecular formula is C10H14ClN3OS. The topological polar surface area (TPSA) is 47.0 Å². The molecule has 1 saturated heterocycles. The van der Waals surface area contributed by atoms with Gasteiger partial charge in [-0.05, 0) is 12.2 Å². The molecule has 0 amide bonds. The zero-order valence-corrected chi connectivity index (χ0v) is 10.6. The molecule has 0 bridgehead atoms. The van der Waals surface area contributed by atoms with Gasteiger partial charge in [0, 0.05) is 25.0 Å². The highest BCUT2D eigenvalue weighted by Crippen LogP contribution is 2.21. The third-order valence-electron chi connectivity index (χ3n) is 2.30. The Bertz CT molecular complexity index is 358. The summed E-state index contributed by atoms with van der Waals surface area (Å²) in [5, 5.41) is 3.82. The van der Waals surface area contributed by atoms with Crippen molar-refractivity contribution in [1.82, 2.24) is 9.97 Å². The summed E-state index contributed by atoms with van der Waals surface area (Å²) < 4.78 is 4.99. The van der Waals surface area contributed by atoms with Gasteiger partial charge in [-0.1, -0.05) is 11.6 Å². The first-order chi connectivity index (χ1) is 7.78. The van der Waals surface area contributed by atoms with Gasteiger partial charge in [-0.25, -0.2) is 9.97 Å². The lowest BCUT2D eigenvalue weighted by molar-refractivity contribution is 0.178. The fourth-order valence-corrected chi connectivity index (χ4v) is 2.94. The number of thioether (sulfide) groups is 1. The molecule has 1 aromatic heterocycles. The smallest absolute Gasteiger partial charge is 0.158 e. The standard InChI is InChI=1S/C10H14ClN3OS/c1-15-5-10-13-8(11)4-9(14-10)12-7-2-3-16-6-7/h4,7H,2-3,5-6H2,1H3,(H,12,13,14). The van der Waals surface area contributed by atoms with Gasteiger partial charge in [-0.2, -0.15) is 11.8 Å². The van der Waals surface area contributed by atoms with E-state index < -0.39 is 0 Å². The maximum Gasteiger partial charge on any atom is 0.158 e. The van der Waals surface area contributed by atoms with E-state index in [-0.39, 0.29) is 0 Å². The van der Waals surface area contributed by atoms with Crippen molar-refractivity contribution in [2.45, 2.75) is 19.1 Å². The van der Waals surface area contributed by atoms with Crippen molar-refractivity contribution >= 4 is 29.2 Å². The van der Waals surface area contributed by atoms with Crippen molar-refractivity contribution < 1.29 is 4.74 Å². The van der Waals surface area contributed by atoms with Crippen LogP contribution in [0.5, 0.6) is 0 Å². The van der Waals surface area contributed by atoms with Crippen LogP contribution in [0.15, 0.2) is 6.07 Å². The summed E-state index contributed by atoms with van der Waals surface area (Å²) in [7, 11) is 1.62. The molecule has 1 fully saturated rings. The molecule has 1 unspecified atom stereocenters. The SMILES string of the molecule is COCc1nc(Cl)cc(NC2CCSC2)n1. The zero-order valence-electron chi connectivity index (χ0n) is 9.07. The average Bonchev–Trinajstić information content (AvgIpc) is 2.70. The minimum atomic E-state index is 0.384. The van der Waals surface area contributed by atoms with Crippen molar-refractivity contribution in [2.75, 3.05) is 23.9 Å². The van der Waals surface area contributed by atoms with Crippen LogP contribution in [0.4, 0.5) is 5.82 Å². The van der Waals surface area contributed by atoms with Crippen LogP contribution in [0.2, 0.25) is 5.15 Å². The Morgan fingerprint density at radius 3 is 3.19 bits per heavy atom. The second kappa shape index (κ2) is 5.70. The monoisotopic (exact) mass is 259 g/mol. The molecule has 0 saturated carbocycles. The van der Waals surface area contributed by atoms with Gasteiger partial charge < -0.3 is 10.1 Å². The van der Waals surface area contributed by atoms with Crippen LogP contribution in [0.3, 0.4) is 0 Å². The van der Waals surface area contributed by atoms with E-state index in [0.29, 0.717) is 23.6 Å². The number of nitrogens with zero attached hydrogens (tertiary/aromatic N) is 2. The lowest BCUT2D eigenvalue weighted by Gasteiger charge is -2.12. The lowest BCUT2D eigenvalue weighted by Crippen LogP contribution is -2.19. The molecule has 6 heteroatoms. The Kier molecular flexibility index (Phi) is 4.26. The van der Waals surface area contributed by atoms with Crippen molar-refractivity contribution in [3.63, 3.8) is 0 Å². The number of hydrogen-bond acceptors (Lipinski definition) is 5. The quantitative estimate of drug-likeness (QED) is 0.840. The van der Waals surface area contributed by atoms with Gasteiger partial charge in [0.15, 0.2) is 5.82 Å². The Morgan fingerprint density at radius 1 is 1.62 bits per heavy atom. The van der Waals surface area contributed by atoms with Crippen LogP contribution in [-0.4, -0.2) is 34.6 Å². The fourth-order valence-electron chi connectivity index (χ4n) is 1.59. The summed E-state index contributed by atoms with van der Waals surface area (Å²) in [5.41, 5.74) is 0. The number of ether oxygens (including phenoxy) is 1. The van der Waals surface area contributed by atoms with Gasteiger partial charge in [0.05, 0.1) is 0 Å². The molecule has 0 radical (unpaired) electrons. The first kappa shape index (κ1) is 12.0. The van der Waals surface area contributed by atoms with E-state index in [1.165, 1.54) is 12.2 Å². The van der Waals surface area contributed by atoms with Crippen molar-refractivity contribution in [3.8, 4) is 0 Å². The van der Waals surface area contributed by atoms with E-state index in [1.807, 2.05) is 11.8 Å². The molecule has 1 N–H and O–H groups in total. The number of anilines is 1. The van der Waals surface area contributed by atoms with E-state index in [9.17, 15) is 0 Å². The number of hydrogen-bond donors (Lipinski definition) is 1. The first-order valence-corrected chi connectivity index (χ1v) is 6.68. The van der Waals surface area contributed by atoms with Crippen LogP contribution in [0, 0.1) is 0 Å². The highest BCUT2D eigenvalue weighted by molar-refractivity contribution is 7.99. The molecule has 4 nitrogen and oxygen atoms in total. The van der Waals surface area contributed by atoms with Crippen LogP contribution in [-0.2, 0) is 11.3 Å². The molecule has 1 aliphatic rings. The van der Waals surface area contributed by atoms with E-state index in [1.54, 1.807) is 13.2 Å². The Hall–Kier alpha value is -0.520. The summed E-state index contributed by atoms with van der Waals surface area (Å²) in [5.74, 6) is 3.74. The predicted molar refractivity (Wildman–Crippen MR) is 67.1 cm³/mol. The fraction of sp³-hybridized carbons (Fsp3) is 0.600. The van der Waals surface area contributed by atoms with E-state index in [4.69, 9.17) is 16.3 Å². The number of rotatable bonds is 4. The van der Waals surface area contributed by atoms with Crippen molar-refractivity contribution in [3.05, 3.63) is 17.0 Å². The molecule has 16 heavy (non-hydrogen) atoms. The first-order valence-electron chi connectivity index (χ1n) is 5.14. The summed E-state index contributed by atoms with van der Waals surface area (Å²) in [4.78, 5) is 8.43. The summed E-state index contributed by atoms with van der Waals surface area (Å²) in [6.07, 6.45) is 1.17. The number of aromatic nitrogens is 2. The lowest BCUT2D eigenvalue weighted by atomic mass is 10.2. The maximum atomic E-state index is 5.92. The predicted octanol–water partition coefficient (Wildman–Crippen LogP) is 2.19. The summed E-state index contributed by atoms with van der Waals surface area (Å²) >= 11 is 7.88. The molecule has 0 aromatic carbocycles. The van der Waals surface area contributed by atoms with E-state index in [0.717, 1.165) is 11.6 Å². The second-order valence-electron chi connectivity index (χ2n) is 3.63. The van der Waals surface area contributed by atoms with Gasteiger partial charge >= 0.3 is 0 Å². The Balaban J connectivity index is 2.06. The van der Waals surface area contributed by atoms with Gasteiger partial charge in [-0.3, -0.25) is 0 Å². The normalized spacial score (nSPS) is 20.0. The van der Waals surface area contributed by atoms with Crippen LogP contribution in [0.25, 0.3) is 0 Å². The van der Waals surface area contributed by atoms with Gasteiger partial charge in [0.25, 0.3) is 0 Å². The largest absolute Gasteiger partial charge is 0.377 e. The molecule has 0 spiro atoms. The minimum Gasteiger partial charge on any atom is -0.377 e. The van der Waals surface area contributed by atoms with E-state index >= 15 is 0 Å².